The maximum absolute atomic E-state index is 12.3. The Balaban J connectivity index is 1.51. The summed E-state index contributed by atoms with van der Waals surface area (Å²) in [5.74, 6) is 2.32. The van der Waals surface area contributed by atoms with E-state index in [4.69, 9.17) is 4.74 Å². The maximum atomic E-state index is 12.3. The Bertz CT molecular complexity index is 849. The number of fused-ring (bicyclic) bond motifs is 5. The molecule has 0 aliphatic heterocycles. The van der Waals surface area contributed by atoms with Crippen LogP contribution in [0.2, 0.25) is 0 Å². The molecule has 4 aliphatic rings. The molecular weight excluding hydrogens is 376 g/mol. The van der Waals surface area contributed by atoms with E-state index >= 15 is 0 Å². The van der Waals surface area contributed by atoms with E-state index in [1.165, 1.54) is 0 Å². The topological polar surface area (TPSA) is 66.8 Å². The van der Waals surface area contributed by atoms with E-state index in [0.29, 0.717) is 36.9 Å². The van der Waals surface area contributed by atoms with Gasteiger partial charge >= 0.3 is 0 Å². The fraction of sp³-hybridized carbons (Fsp3) is 0.731. The predicted octanol–water partition coefficient (Wildman–Crippen LogP) is 4.61. The number of benzene rings is 1. The number of Topliss-reactive ketones (excluding diaryl/α,β-unsaturated/α-hetero) is 1. The van der Waals surface area contributed by atoms with Gasteiger partial charge in [0.05, 0.1) is 18.3 Å². The Kier molecular flexibility index (Phi) is 4.48. The summed E-state index contributed by atoms with van der Waals surface area (Å²) in [6, 6.07) is 7.75. The quantitative estimate of drug-likeness (QED) is 0.744. The van der Waals surface area contributed by atoms with Crippen molar-refractivity contribution in [1.82, 2.24) is 0 Å². The summed E-state index contributed by atoms with van der Waals surface area (Å²) in [7, 11) is 1.65. The van der Waals surface area contributed by atoms with E-state index in [9.17, 15) is 15.0 Å². The van der Waals surface area contributed by atoms with Crippen molar-refractivity contribution in [3.63, 3.8) is 0 Å². The molecule has 0 saturated heterocycles. The van der Waals surface area contributed by atoms with Crippen molar-refractivity contribution in [1.29, 1.82) is 0 Å². The van der Waals surface area contributed by atoms with Crippen molar-refractivity contribution in [2.24, 2.45) is 28.6 Å². The zero-order valence-electron chi connectivity index (χ0n) is 18.6. The number of hydrogen-bond acceptors (Lipinski definition) is 4. The molecule has 0 aromatic heterocycles. The van der Waals surface area contributed by atoms with Gasteiger partial charge in [-0.15, -0.1) is 0 Å². The standard InChI is InChI=1S/C26H36O4/c1-23-12-10-19(27)16-18(23)6-9-22-21(23)11-13-24(2)25(28,14-15-26(22,24)29)17-4-7-20(30-3)8-5-17/h4-5,7-8,18,21-22,28-29H,6,9-16H2,1-3H3/t18?,21-,22-,23+,24-,25?,26-/m1/s1. The van der Waals surface area contributed by atoms with Crippen LogP contribution in [0.1, 0.15) is 77.2 Å². The fourth-order valence-electron chi connectivity index (χ4n) is 8.36. The minimum absolute atomic E-state index is 0.148. The van der Waals surface area contributed by atoms with Crippen molar-refractivity contribution in [2.75, 3.05) is 7.11 Å². The van der Waals surface area contributed by atoms with Gasteiger partial charge in [0, 0.05) is 18.3 Å². The molecule has 0 radical (unpaired) electrons. The van der Waals surface area contributed by atoms with Gasteiger partial charge < -0.3 is 14.9 Å². The summed E-state index contributed by atoms with van der Waals surface area (Å²) in [4.78, 5) is 12.1. The van der Waals surface area contributed by atoms with Gasteiger partial charge in [-0.05, 0) is 85.8 Å². The van der Waals surface area contributed by atoms with Crippen LogP contribution < -0.4 is 4.74 Å². The van der Waals surface area contributed by atoms with Crippen LogP contribution in [0.3, 0.4) is 0 Å². The van der Waals surface area contributed by atoms with Crippen LogP contribution in [0.25, 0.3) is 0 Å². The van der Waals surface area contributed by atoms with E-state index in [1.807, 2.05) is 24.3 Å². The van der Waals surface area contributed by atoms with Gasteiger partial charge in [0.25, 0.3) is 0 Å². The molecular formula is C26H36O4. The molecule has 4 aliphatic carbocycles. The van der Waals surface area contributed by atoms with E-state index < -0.39 is 16.6 Å². The number of ether oxygens (including phenoxy) is 1. The Labute approximate surface area is 180 Å². The number of ketones is 1. The van der Waals surface area contributed by atoms with Crippen molar-refractivity contribution in [3.8, 4) is 5.75 Å². The third kappa shape index (κ3) is 2.44. The van der Waals surface area contributed by atoms with Crippen LogP contribution in [0, 0.1) is 28.6 Å². The normalized spacial score (nSPS) is 47.9. The fourth-order valence-corrected chi connectivity index (χ4v) is 8.36. The molecule has 5 rings (SSSR count). The van der Waals surface area contributed by atoms with Gasteiger partial charge in [0.15, 0.2) is 0 Å². The number of carbonyl (C=O) groups excluding carboxylic acids is 1. The lowest BCUT2D eigenvalue weighted by Gasteiger charge is -2.64. The summed E-state index contributed by atoms with van der Waals surface area (Å²) in [5, 5.41) is 24.3. The molecule has 0 heterocycles. The molecule has 4 fully saturated rings. The summed E-state index contributed by atoms with van der Waals surface area (Å²) in [5.41, 5.74) is -1.42. The molecule has 4 heteroatoms. The SMILES string of the molecule is COc1ccc(C2(O)CC[C@@]3(O)[C@@H]4CCC5CC(=O)CC[C@]5(C)[C@@H]4CC[C@]23C)cc1. The van der Waals surface area contributed by atoms with Gasteiger partial charge in [-0.3, -0.25) is 4.79 Å². The monoisotopic (exact) mass is 412 g/mol. The van der Waals surface area contributed by atoms with E-state index in [-0.39, 0.29) is 11.3 Å². The van der Waals surface area contributed by atoms with Crippen LogP contribution in [-0.4, -0.2) is 28.7 Å². The molecule has 1 aromatic rings. The van der Waals surface area contributed by atoms with Crippen LogP contribution in [0.15, 0.2) is 24.3 Å². The van der Waals surface area contributed by atoms with Gasteiger partial charge in [-0.25, -0.2) is 0 Å². The second kappa shape index (κ2) is 6.56. The first-order valence-corrected chi connectivity index (χ1v) is 11.8. The van der Waals surface area contributed by atoms with E-state index in [1.54, 1.807) is 7.11 Å². The zero-order valence-corrected chi connectivity index (χ0v) is 18.6. The van der Waals surface area contributed by atoms with Crippen LogP contribution in [0.5, 0.6) is 5.75 Å². The summed E-state index contributed by atoms with van der Waals surface area (Å²) < 4.78 is 5.30. The molecule has 30 heavy (non-hydrogen) atoms. The van der Waals surface area contributed by atoms with Crippen molar-refractivity contribution < 1.29 is 19.7 Å². The number of methoxy groups -OCH3 is 1. The smallest absolute Gasteiger partial charge is 0.133 e. The summed E-state index contributed by atoms with van der Waals surface area (Å²) in [6.45, 7) is 4.51. The highest BCUT2D eigenvalue weighted by atomic mass is 16.5. The minimum atomic E-state index is -1.03. The molecule has 164 valence electrons. The van der Waals surface area contributed by atoms with Gasteiger partial charge in [-0.1, -0.05) is 26.0 Å². The molecule has 2 unspecified atom stereocenters. The average Bonchev–Trinajstić information content (AvgIpc) is 2.96. The molecule has 0 spiro atoms. The number of rotatable bonds is 2. The van der Waals surface area contributed by atoms with Crippen molar-refractivity contribution >= 4 is 5.78 Å². The highest BCUT2D eigenvalue weighted by molar-refractivity contribution is 5.79. The molecule has 4 saturated carbocycles. The molecule has 0 amide bonds. The van der Waals surface area contributed by atoms with Crippen LogP contribution >= 0.6 is 0 Å². The second-order valence-electron chi connectivity index (χ2n) is 11.1. The second-order valence-corrected chi connectivity index (χ2v) is 11.1. The van der Waals surface area contributed by atoms with E-state index in [0.717, 1.165) is 49.8 Å². The highest BCUT2D eigenvalue weighted by Gasteiger charge is 2.71. The Morgan fingerprint density at radius 3 is 2.37 bits per heavy atom. The molecule has 4 nitrogen and oxygen atoms in total. The lowest BCUT2D eigenvalue weighted by Crippen LogP contribution is -2.64. The molecule has 0 bridgehead atoms. The van der Waals surface area contributed by atoms with Crippen LogP contribution in [0.4, 0.5) is 0 Å². The summed E-state index contributed by atoms with van der Waals surface area (Å²) in [6.07, 6.45) is 7.49. The number of carbonyl (C=O) groups is 1. The van der Waals surface area contributed by atoms with Gasteiger partial charge in [0.1, 0.15) is 11.5 Å². The number of aliphatic hydroxyl groups is 2. The lowest BCUT2D eigenvalue weighted by atomic mass is 9.43. The van der Waals surface area contributed by atoms with Gasteiger partial charge in [0.2, 0.25) is 0 Å². The molecule has 1 aromatic carbocycles. The zero-order chi connectivity index (χ0) is 21.4. The third-order valence-electron chi connectivity index (χ3n) is 10.4. The number of hydrogen-bond donors (Lipinski definition) is 2. The third-order valence-corrected chi connectivity index (χ3v) is 10.4. The largest absolute Gasteiger partial charge is 0.497 e. The molecule has 7 atom stereocenters. The Hall–Kier alpha value is -1.39. The Morgan fingerprint density at radius 2 is 1.67 bits per heavy atom. The Morgan fingerprint density at radius 1 is 0.933 bits per heavy atom. The van der Waals surface area contributed by atoms with E-state index in [2.05, 4.69) is 13.8 Å². The first-order valence-electron chi connectivity index (χ1n) is 11.8. The predicted molar refractivity (Wildman–Crippen MR) is 115 cm³/mol. The maximum Gasteiger partial charge on any atom is 0.133 e. The van der Waals surface area contributed by atoms with Gasteiger partial charge in [-0.2, -0.15) is 0 Å². The molecule has 2 N–H and O–H groups in total. The average molecular weight is 413 g/mol. The highest BCUT2D eigenvalue weighted by Crippen LogP contribution is 2.71. The van der Waals surface area contributed by atoms with Crippen molar-refractivity contribution in [2.45, 2.75) is 82.8 Å². The first kappa shape index (κ1) is 20.5. The lowest BCUT2D eigenvalue weighted by molar-refractivity contribution is -0.235. The first-order chi connectivity index (χ1) is 14.2. The minimum Gasteiger partial charge on any atom is -0.497 e. The van der Waals surface area contributed by atoms with Crippen molar-refractivity contribution in [3.05, 3.63) is 29.8 Å². The van der Waals surface area contributed by atoms with Crippen LogP contribution in [-0.2, 0) is 10.4 Å². The summed E-state index contributed by atoms with van der Waals surface area (Å²) >= 11 is 0.